The van der Waals surface area contributed by atoms with E-state index in [1.807, 2.05) is 41.1 Å². The van der Waals surface area contributed by atoms with Gasteiger partial charge in [0.2, 0.25) is 0 Å². The van der Waals surface area contributed by atoms with E-state index in [9.17, 15) is 0 Å². The number of aromatic nitrogens is 2. The number of rotatable bonds is 3. The lowest BCUT2D eigenvalue weighted by atomic mass is 10.1. The number of nitrogen functional groups attached to an aromatic ring is 1. The van der Waals surface area contributed by atoms with E-state index in [-0.39, 0.29) is 0 Å². The van der Waals surface area contributed by atoms with Crippen molar-refractivity contribution in [3.05, 3.63) is 70.7 Å². The molecule has 3 rings (SSSR count). The SMILES string of the molecule is Cc1cccc(Cn2nc(-c3ccc(Cl)cc3)cc2N)c1. The quantitative estimate of drug-likeness (QED) is 0.789. The molecule has 0 unspecified atom stereocenters. The van der Waals surface area contributed by atoms with Gasteiger partial charge in [0.25, 0.3) is 0 Å². The Morgan fingerprint density at radius 2 is 1.86 bits per heavy atom. The van der Waals surface area contributed by atoms with Crippen molar-refractivity contribution in [1.82, 2.24) is 9.78 Å². The van der Waals surface area contributed by atoms with Gasteiger partial charge in [0.1, 0.15) is 5.82 Å². The molecule has 0 saturated heterocycles. The number of nitrogens with two attached hydrogens (primary N) is 1. The first-order valence-corrected chi connectivity index (χ1v) is 7.14. The molecule has 21 heavy (non-hydrogen) atoms. The number of halogens is 1. The molecule has 3 nitrogen and oxygen atoms in total. The Bertz CT molecular complexity index is 760. The number of aryl methyl sites for hydroxylation is 1. The minimum Gasteiger partial charge on any atom is -0.384 e. The van der Waals surface area contributed by atoms with Crippen LogP contribution in [0, 0.1) is 6.92 Å². The second-order valence-corrected chi connectivity index (χ2v) is 5.54. The van der Waals surface area contributed by atoms with Crippen LogP contribution in [0.1, 0.15) is 11.1 Å². The molecule has 1 aromatic heterocycles. The Balaban J connectivity index is 1.89. The molecule has 0 amide bonds. The molecule has 0 aliphatic carbocycles. The van der Waals surface area contributed by atoms with Gasteiger partial charge in [-0.15, -0.1) is 0 Å². The summed E-state index contributed by atoms with van der Waals surface area (Å²) in [4.78, 5) is 0. The van der Waals surface area contributed by atoms with Gasteiger partial charge in [-0.05, 0) is 24.6 Å². The largest absolute Gasteiger partial charge is 0.384 e. The monoisotopic (exact) mass is 297 g/mol. The molecule has 0 aliphatic rings. The van der Waals surface area contributed by atoms with Crippen LogP contribution < -0.4 is 5.73 Å². The lowest BCUT2D eigenvalue weighted by Crippen LogP contribution is -2.05. The summed E-state index contributed by atoms with van der Waals surface area (Å²) >= 11 is 5.91. The average molecular weight is 298 g/mol. The number of hydrogen-bond donors (Lipinski definition) is 1. The van der Waals surface area contributed by atoms with E-state index in [0.29, 0.717) is 17.4 Å². The second kappa shape index (κ2) is 5.62. The van der Waals surface area contributed by atoms with Gasteiger partial charge in [-0.2, -0.15) is 5.10 Å². The number of benzene rings is 2. The van der Waals surface area contributed by atoms with Gasteiger partial charge < -0.3 is 5.73 Å². The molecule has 106 valence electrons. The molecule has 2 aromatic carbocycles. The van der Waals surface area contributed by atoms with Crippen molar-refractivity contribution >= 4 is 17.4 Å². The third kappa shape index (κ3) is 3.09. The minimum atomic E-state index is 0.654. The molecular formula is C17H16ClN3. The molecule has 0 spiro atoms. The molecule has 0 aliphatic heterocycles. The van der Waals surface area contributed by atoms with Crippen molar-refractivity contribution < 1.29 is 0 Å². The normalized spacial score (nSPS) is 10.8. The highest BCUT2D eigenvalue weighted by Crippen LogP contribution is 2.22. The summed E-state index contributed by atoms with van der Waals surface area (Å²) in [6.45, 7) is 2.75. The maximum atomic E-state index is 6.07. The summed E-state index contributed by atoms with van der Waals surface area (Å²) in [7, 11) is 0. The number of hydrogen-bond acceptors (Lipinski definition) is 2. The molecule has 0 fully saturated rings. The third-order valence-corrected chi connectivity index (χ3v) is 3.62. The van der Waals surface area contributed by atoms with E-state index in [0.717, 1.165) is 11.3 Å². The van der Waals surface area contributed by atoms with E-state index in [2.05, 4.69) is 30.2 Å². The fourth-order valence-corrected chi connectivity index (χ4v) is 2.43. The van der Waals surface area contributed by atoms with Gasteiger partial charge in [0.05, 0.1) is 12.2 Å². The summed E-state index contributed by atoms with van der Waals surface area (Å²) < 4.78 is 1.82. The zero-order chi connectivity index (χ0) is 14.8. The van der Waals surface area contributed by atoms with E-state index < -0.39 is 0 Å². The van der Waals surface area contributed by atoms with Crippen LogP contribution in [-0.2, 0) is 6.54 Å². The predicted octanol–water partition coefficient (Wildman–Crippen LogP) is 4.14. The van der Waals surface area contributed by atoms with Crippen molar-refractivity contribution in [2.24, 2.45) is 0 Å². The summed E-state index contributed by atoms with van der Waals surface area (Å²) in [6.07, 6.45) is 0. The molecule has 2 N–H and O–H groups in total. The van der Waals surface area contributed by atoms with Crippen molar-refractivity contribution in [2.45, 2.75) is 13.5 Å². The summed E-state index contributed by atoms with van der Waals surface area (Å²) in [5.41, 5.74) is 10.4. The van der Waals surface area contributed by atoms with Crippen LogP contribution in [0.3, 0.4) is 0 Å². The van der Waals surface area contributed by atoms with Crippen molar-refractivity contribution in [2.75, 3.05) is 5.73 Å². The maximum absolute atomic E-state index is 6.07. The second-order valence-electron chi connectivity index (χ2n) is 5.11. The predicted molar refractivity (Wildman–Crippen MR) is 87.4 cm³/mol. The lowest BCUT2D eigenvalue weighted by Gasteiger charge is -2.05. The third-order valence-electron chi connectivity index (χ3n) is 3.37. The molecule has 1 heterocycles. The minimum absolute atomic E-state index is 0.654. The summed E-state index contributed by atoms with van der Waals surface area (Å²) in [5.74, 6) is 0.654. The topological polar surface area (TPSA) is 43.8 Å². The fourth-order valence-electron chi connectivity index (χ4n) is 2.30. The Hall–Kier alpha value is -2.26. The Kier molecular flexibility index (Phi) is 3.67. The summed E-state index contributed by atoms with van der Waals surface area (Å²) in [5, 5.41) is 5.30. The zero-order valence-corrected chi connectivity index (χ0v) is 12.5. The molecule has 0 atom stereocenters. The first kappa shape index (κ1) is 13.7. The van der Waals surface area contributed by atoms with Crippen LogP contribution in [0.25, 0.3) is 11.3 Å². The zero-order valence-electron chi connectivity index (χ0n) is 11.8. The van der Waals surface area contributed by atoms with Gasteiger partial charge in [0.15, 0.2) is 0 Å². The number of anilines is 1. The van der Waals surface area contributed by atoms with Crippen LogP contribution >= 0.6 is 11.6 Å². The van der Waals surface area contributed by atoms with Gasteiger partial charge in [-0.25, -0.2) is 4.68 Å². The van der Waals surface area contributed by atoms with Crippen molar-refractivity contribution in [1.29, 1.82) is 0 Å². The molecular weight excluding hydrogens is 282 g/mol. The van der Waals surface area contributed by atoms with Crippen molar-refractivity contribution in [3.8, 4) is 11.3 Å². The Labute approximate surface area is 129 Å². The highest BCUT2D eigenvalue weighted by atomic mass is 35.5. The highest BCUT2D eigenvalue weighted by Gasteiger charge is 2.08. The van der Waals surface area contributed by atoms with Gasteiger partial charge in [-0.1, -0.05) is 53.6 Å². The van der Waals surface area contributed by atoms with Gasteiger partial charge in [0, 0.05) is 16.7 Å². The first-order chi connectivity index (χ1) is 10.1. The fraction of sp³-hybridized carbons (Fsp3) is 0.118. The maximum Gasteiger partial charge on any atom is 0.122 e. The molecule has 4 heteroatoms. The van der Waals surface area contributed by atoms with Crippen LogP contribution in [0.2, 0.25) is 5.02 Å². The summed E-state index contributed by atoms with van der Waals surface area (Å²) in [6, 6.07) is 17.8. The van der Waals surface area contributed by atoms with E-state index >= 15 is 0 Å². The van der Waals surface area contributed by atoms with Crippen molar-refractivity contribution in [3.63, 3.8) is 0 Å². The molecule has 0 radical (unpaired) electrons. The molecule has 3 aromatic rings. The molecule has 0 saturated carbocycles. The van der Waals surface area contributed by atoms with Gasteiger partial charge in [-0.3, -0.25) is 0 Å². The van der Waals surface area contributed by atoms with E-state index in [4.69, 9.17) is 17.3 Å². The van der Waals surface area contributed by atoms with Crippen LogP contribution in [0.4, 0.5) is 5.82 Å². The van der Waals surface area contributed by atoms with Crippen LogP contribution in [0.15, 0.2) is 54.6 Å². The first-order valence-electron chi connectivity index (χ1n) is 6.76. The van der Waals surface area contributed by atoms with E-state index in [1.54, 1.807) is 0 Å². The Morgan fingerprint density at radius 1 is 1.10 bits per heavy atom. The standard InChI is InChI=1S/C17H16ClN3/c1-12-3-2-4-13(9-12)11-21-17(19)10-16(20-21)14-5-7-15(18)8-6-14/h2-10H,11,19H2,1H3. The highest BCUT2D eigenvalue weighted by molar-refractivity contribution is 6.30. The smallest absolute Gasteiger partial charge is 0.122 e. The lowest BCUT2D eigenvalue weighted by molar-refractivity contribution is 0.699. The van der Waals surface area contributed by atoms with Gasteiger partial charge >= 0.3 is 0 Å². The van der Waals surface area contributed by atoms with Crippen LogP contribution in [-0.4, -0.2) is 9.78 Å². The van der Waals surface area contributed by atoms with E-state index in [1.165, 1.54) is 11.1 Å². The average Bonchev–Trinajstić information content (AvgIpc) is 2.81. The molecule has 0 bridgehead atoms. The number of nitrogens with zero attached hydrogens (tertiary/aromatic N) is 2. The van der Waals surface area contributed by atoms with Crippen LogP contribution in [0.5, 0.6) is 0 Å². The Morgan fingerprint density at radius 3 is 2.57 bits per heavy atom.